The number of benzene rings is 1. The molecule has 2 saturated carbocycles. The maximum absolute atomic E-state index is 13.5. The number of furan rings is 1. The van der Waals surface area contributed by atoms with Crippen molar-refractivity contribution >= 4 is 17.7 Å². The van der Waals surface area contributed by atoms with E-state index in [9.17, 15) is 14.4 Å². The van der Waals surface area contributed by atoms with Crippen LogP contribution < -0.4 is 5.32 Å². The third-order valence-electron chi connectivity index (χ3n) is 7.60. The molecule has 0 radical (unpaired) electrons. The molecule has 0 unspecified atom stereocenters. The van der Waals surface area contributed by atoms with E-state index in [4.69, 9.17) is 4.42 Å². The molecule has 2 heterocycles. The van der Waals surface area contributed by atoms with Gasteiger partial charge in [0.05, 0.1) is 24.6 Å². The van der Waals surface area contributed by atoms with Gasteiger partial charge in [0.15, 0.2) is 0 Å². The topological polar surface area (TPSA) is 79.6 Å². The Morgan fingerprint density at radius 2 is 1.68 bits per heavy atom. The number of rotatable bonds is 6. The smallest absolute Gasteiger partial charge is 0.244 e. The number of allylic oxidation sites excluding steroid dienone is 2. The number of carbonyl (C=O) groups excluding carboxylic acids is 3. The monoisotopic (exact) mass is 416 g/mol. The summed E-state index contributed by atoms with van der Waals surface area (Å²) in [6, 6.07) is 12.2. The molecule has 31 heavy (non-hydrogen) atoms. The molecule has 7 atom stereocenters. The largest absolute Gasteiger partial charge is 0.467 e. The Hall–Kier alpha value is -3.15. The van der Waals surface area contributed by atoms with Gasteiger partial charge in [-0.1, -0.05) is 42.5 Å². The maximum Gasteiger partial charge on any atom is 0.244 e. The van der Waals surface area contributed by atoms with Gasteiger partial charge in [-0.05, 0) is 47.8 Å². The molecular formula is C25H24N2O4. The van der Waals surface area contributed by atoms with E-state index >= 15 is 0 Å². The highest BCUT2D eigenvalue weighted by Crippen LogP contribution is 2.65. The first-order chi connectivity index (χ1) is 15.1. The van der Waals surface area contributed by atoms with Gasteiger partial charge in [-0.15, -0.1) is 0 Å². The molecule has 2 bridgehead atoms. The number of amides is 3. The van der Waals surface area contributed by atoms with Crippen molar-refractivity contribution in [2.75, 3.05) is 0 Å². The molecule has 6 nitrogen and oxygen atoms in total. The number of imide groups is 1. The summed E-state index contributed by atoms with van der Waals surface area (Å²) in [6.45, 7) is 0.219. The Morgan fingerprint density at radius 1 is 1.00 bits per heavy atom. The van der Waals surface area contributed by atoms with E-state index in [1.54, 1.807) is 18.4 Å². The van der Waals surface area contributed by atoms with E-state index in [1.165, 1.54) is 4.90 Å². The van der Waals surface area contributed by atoms with Crippen molar-refractivity contribution in [3.8, 4) is 0 Å². The highest BCUT2D eigenvalue weighted by molar-refractivity contribution is 6.09. The molecule has 3 amide bonds. The Balaban J connectivity index is 1.30. The van der Waals surface area contributed by atoms with Crippen LogP contribution in [0.2, 0.25) is 0 Å². The predicted octanol–water partition coefficient (Wildman–Crippen LogP) is 2.56. The molecule has 5 aliphatic rings. The first-order valence-electron chi connectivity index (χ1n) is 11.0. The fourth-order valence-electron chi connectivity index (χ4n) is 6.13. The third kappa shape index (κ3) is 2.88. The van der Waals surface area contributed by atoms with E-state index in [1.807, 2.05) is 30.3 Å². The van der Waals surface area contributed by atoms with Gasteiger partial charge in [-0.25, -0.2) is 0 Å². The fraction of sp³-hybridized carbons (Fsp3) is 0.400. The number of hydrogen-bond donors (Lipinski definition) is 1. The molecule has 1 N–H and O–H groups in total. The van der Waals surface area contributed by atoms with Crippen LogP contribution in [0.25, 0.3) is 0 Å². The molecule has 158 valence electrons. The van der Waals surface area contributed by atoms with Gasteiger partial charge in [-0.3, -0.25) is 19.3 Å². The van der Waals surface area contributed by atoms with Crippen molar-refractivity contribution in [1.29, 1.82) is 0 Å². The summed E-state index contributed by atoms with van der Waals surface area (Å²) in [5.41, 5.74) is 0.917. The first-order valence-corrected chi connectivity index (χ1v) is 11.0. The van der Waals surface area contributed by atoms with Crippen LogP contribution in [-0.4, -0.2) is 28.7 Å². The fourth-order valence-corrected chi connectivity index (χ4v) is 6.13. The van der Waals surface area contributed by atoms with Crippen molar-refractivity contribution < 1.29 is 18.8 Å². The van der Waals surface area contributed by atoms with Crippen LogP contribution in [0.1, 0.15) is 17.7 Å². The van der Waals surface area contributed by atoms with Gasteiger partial charge in [0.25, 0.3) is 0 Å². The first kappa shape index (κ1) is 18.6. The van der Waals surface area contributed by atoms with E-state index < -0.39 is 6.04 Å². The minimum absolute atomic E-state index is 0.144. The summed E-state index contributed by atoms with van der Waals surface area (Å²) in [7, 11) is 0. The van der Waals surface area contributed by atoms with Crippen LogP contribution in [-0.2, 0) is 27.3 Å². The van der Waals surface area contributed by atoms with Gasteiger partial charge in [-0.2, -0.15) is 0 Å². The molecular weight excluding hydrogens is 392 g/mol. The molecule has 2 aromatic rings. The van der Waals surface area contributed by atoms with E-state index in [-0.39, 0.29) is 47.9 Å². The number of carbonyl (C=O) groups is 3. The van der Waals surface area contributed by atoms with Gasteiger partial charge >= 0.3 is 0 Å². The van der Waals surface area contributed by atoms with Crippen LogP contribution in [0.5, 0.6) is 0 Å². The van der Waals surface area contributed by atoms with Crippen molar-refractivity contribution in [3.05, 3.63) is 72.2 Å². The Kier molecular flexibility index (Phi) is 4.16. The van der Waals surface area contributed by atoms with E-state index in [2.05, 4.69) is 17.5 Å². The summed E-state index contributed by atoms with van der Waals surface area (Å²) in [5.74, 6) is 0.705. The van der Waals surface area contributed by atoms with Gasteiger partial charge < -0.3 is 9.73 Å². The van der Waals surface area contributed by atoms with E-state index in [0.717, 1.165) is 12.0 Å². The zero-order chi connectivity index (χ0) is 21.1. The summed E-state index contributed by atoms with van der Waals surface area (Å²) >= 11 is 0. The van der Waals surface area contributed by atoms with E-state index in [0.29, 0.717) is 24.0 Å². The highest BCUT2D eigenvalue weighted by atomic mass is 16.3. The standard InChI is InChI=1S/C25H24N2O4/c28-23(26-13-15-7-4-10-31-15)20(11-14-5-2-1-3-6-14)27-24(29)21-16-8-9-17(19-12-18(16)19)22(21)25(27)30/h1-10,16-22H,11-13H2,(H,26,28)/t16-,17-,18-,19-,20-,21+,22+/m1/s1. The summed E-state index contributed by atoms with van der Waals surface area (Å²) in [5, 5.41) is 2.87. The Morgan fingerprint density at radius 3 is 2.29 bits per heavy atom. The maximum atomic E-state index is 13.5. The second-order valence-corrected chi connectivity index (χ2v) is 9.20. The predicted molar refractivity (Wildman–Crippen MR) is 111 cm³/mol. The van der Waals surface area contributed by atoms with Crippen LogP contribution in [0.15, 0.2) is 65.3 Å². The zero-order valence-corrected chi connectivity index (χ0v) is 17.0. The summed E-state index contributed by atoms with van der Waals surface area (Å²) < 4.78 is 5.31. The molecule has 3 fully saturated rings. The Labute approximate surface area is 180 Å². The normalized spacial score (nSPS) is 33.2. The quantitative estimate of drug-likeness (QED) is 0.580. The lowest BCUT2D eigenvalue weighted by molar-refractivity contribution is -0.148. The second kappa shape index (κ2) is 6.94. The average Bonchev–Trinajstić information content (AvgIpc) is 3.38. The number of hydrogen-bond acceptors (Lipinski definition) is 4. The molecule has 1 saturated heterocycles. The van der Waals surface area contributed by atoms with Crippen LogP contribution in [0.4, 0.5) is 0 Å². The lowest BCUT2D eigenvalue weighted by Crippen LogP contribution is -2.51. The Bertz CT molecular complexity index is 1020. The molecule has 0 spiro atoms. The molecule has 4 aliphatic carbocycles. The molecule has 1 aromatic carbocycles. The number of likely N-dealkylation sites (tertiary alicyclic amines) is 1. The minimum atomic E-state index is -0.862. The SMILES string of the molecule is O=C(NCc1ccco1)[C@@H](Cc1ccccc1)N1C(=O)[C@H]2[C@@H]3C=C[C@H]([C@H]4C[C@H]34)[C@@H]2C1=O. The highest BCUT2D eigenvalue weighted by Gasteiger charge is 2.67. The molecule has 1 aromatic heterocycles. The second-order valence-electron chi connectivity index (χ2n) is 9.20. The van der Waals surface area contributed by atoms with Crippen molar-refractivity contribution in [3.63, 3.8) is 0 Å². The summed E-state index contributed by atoms with van der Waals surface area (Å²) in [4.78, 5) is 41.6. The zero-order valence-electron chi connectivity index (χ0n) is 17.0. The van der Waals surface area contributed by atoms with Gasteiger partial charge in [0.1, 0.15) is 11.8 Å². The van der Waals surface area contributed by atoms with Gasteiger partial charge in [0, 0.05) is 6.42 Å². The number of nitrogens with zero attached hydrogens (tertiary/aromatic N) is 1. The molecule has 1 aliphatic heterocycles. The lowest BCUT2D eigenvalue weighted by atomic mass is 9.63. The van der Waals surface area contributed by atoms with Crippen LogP contribution in [0, 0.1) is 35.5 Å². The lowest BCUT2D eigenvalue weighted by Gasteiger charge is -2.37. The molecule has 7 rings (SSSR count). The number of nitrogens with one attached hydrogen (secondary N) is 1. The van der Waals surface area contributed by atoms with Crippen LogP contribution in [0.3, 0.4) is 0 Å². The third-order valence-corrected chi connectivity index (χ3v) is 7.60. The van der Waals surface area contributed by atoms with Crippen molar-refractivity contribution in [2.45, 2.75) is 25.4 Å². The molecule has 6 heteroatoms. The average molecular weight is 416 g/mol. The minimum Gasteiger partial charge on any atom is -0.467 e. The van der Waals surface area contributed by atoms with Crippen LogP contribution >= 0.6 is 0 Å². The summed E-state index contributed by atoms with van der Waals surface area (Å²) in [6.07, 6.45) is 7.27. The van der Waals surface area contributed by atoms with Crippen molar-refractivity contribution in [2.24, 2.45) is 35.5 Å². The van der Waals surface area contributed by atoms with Gasteiger partial charge in [0.2, 0.25) is 17.7 Å². The van der Waals surface area contributed by atoms with Crippen molar-refractivity contribution in [1.82, 2.24) is 10.2 Å².